The van der Waals surface area contributed by atoms with E-state index in [4.69, 9.17) is 4.74 Å². The first-order valence-electron chi connectivity index (χ1n) is 6.09. The van der Waals surface area contributed by atoms with Gasteiger partial charge in [-0.05, 0) is 43.2 Å². The Bertz CT molecular complexity index is 534. The Labute approximate surface area is 117 Å². The van der Waals surface area contributed by atoms with Gasteiger partial charge in [-0.3, -0.25) is 0 Å². The fourth-order valence-electron chi connectivity index (χ4n) is 1.96. The van der Waals surface area contributed by atoms with Crippen LogP contribution in [-0.2, 0) is 6.42 Å². The average Bonchev–Trinajstić information content (AvgIpc) is 2.32. The third kappa shape index (κ3) is 3.61. The molecular weight excluding hydrogens is 288 g/mol. The van der Waals surface area contributed by atoms with E-state index >= 15 is 0 Å². The zero-order chi connectivity index (χ0) is 13.0. The lowest BCUT2D eigenvalue weighted by Gasteiger charge is -2.09. The molecule has 0 aliphatic carbocycles. The van der Waals surface area contributed by atoms with E-state index in [0.717, 1.165) is 16.6 Å². The van der Waals surface area contributed by atoms with Crippen LogP contribution in [0.25, 0.3) is 0 Å². The quantitative estimate of drug-likeness (QED) is 0.796. The molecular formula is C16H17BrO. The van der Waals surface area contributed by atoms with Crippen molar-refractivity contribution in [2.45, 2.75) is 20.3 Å². The first-order valence-corrected chi connectivity index (χ1v) is 6.89. The van der Waals surface area contributed by atoms with Gasteiger partial charge in [0.2, 0.25) is 0 Å². The van der Waals surface area contributed by atoms with Crippen molar-refractivity contribution < 1.29 is 4.74 Å². The van der Waals surface area contributed by atoms with Gasteiger partial charge >= 0.3 is 0 Å². The molecule has 0 bridgehead atoms. The SMILES string of the molecule is Cc1ccc(CCOc2cccc(Br)c2)c(C)c1. The summed E-state index contributed by atoms with van der Waals surface area (Å²) in [6.07, 6.45) is 0.943. The Morgan fingerprint density at radius 3 is 2.61 bits per heavy atom. The summed E-state index contributed by atoms with van der Waals surface area (Å²) >= 11 is 3.44. The summed E-state index contributed by atoms with van der Waals surface area (Å²) in [5, 5.41) is 0. The van der Waals surface area contributed by atoms with Gasteiger partial charge in [-0.1, -0.05) is 45.8 Å². The molecule has 0 unspecified atom stereocenters. The summed E-state index contributed by atoms with van der Waals surface area (Å²) in [4.78, 5) is 0. The molecule has 2 aromatic carbocycles. The molecule has 0 radical (unpaired) electrons. The van der Waals surface area contributed by atoms with Crippen molar-refractivity contribution in [2.24, 2.45) is 0 Å². The fourth-order valence-corrected chi connectivity index (χ4v) is 2.34. The molecule has 0 spiro atoms. The molecule has 2 rings (SSSR count). The van der Waals surface area contributed by atoms with E-state index in [0.29, 0.717) is 6.61 Å². The standard InChI is InChI=1S/C16H17BrO/c1-12-6-7-14(13(2)10-12)8-9-18-16-5-3-4-15(17)11-16/h3-7,10-11H,8-9H2,1-2H3. The summed E-state index contributed by atoms with van der Waals surface area (Å²) < 4.78 is 6.79. The Morgan fingerprint density at radius 2 is 1.89 bits per heavy atom. The third-order valence-electron chi connectivity index (χ3n) is 2.93. The Balaban J connectivity index is 1.92. The van der Waals surface area contributed by atoms with Crippen molar-refractivity contribution >= 4 is 15.9 Å². The van der Waals surface area contributed by atoms with Crippen LogP contribution < -0.4 is 4.74 Å². The Morgan fingerprint density at radius 1 is 1.06 bits per heavy atom. The van der Waals surface area contributed by atoms with Crippen molar-refractivity contribution in [3.05, 3.63) is 63.6 Å². The van der Waals surface area contributed by atoms with Crippen LogP contribution in [0.3, 0.4) is 0 Å². The maximum Gasteiger partial charge on any atom is 0.120 e. The molecule has 0 amide bonds. The van der Waals surface area contributed by atoms with Crippen molar-refractivity contribution in [3.63, 3.8) is 0 Å². The third-order valence-corrected chi connectivity index (χ3v) is 3.43. The van der Waals surface area contributed by atoms with Crippen LogP contribution in [0.2, 0.25) is 0 Å². The van der Waals surface area contributed by atoms with Gasteiger partial charge in [0.25, 0.3) is 0 Å². The predicted molar refractivity (Wildman–Crippen MR) is 79.3 cm³/mol. The molecule has 2 heteroatoms. The molecule has 0 heterocycles. The highest BCUT2D eigenvalue weighted by molar-refractivity contribution is 9.10. The first-order chi connectivity index (χ1) is 8.65. The summed E-state index contributed by atoms with van der Waals surface area (Å²) in [7, 11) is 0. The molecule has 0 aromatic heterocycles. The van der Waals surface area contributed by atoms with E-state index in [1.807, 2.05) is 24.3 Å². The van der Waals surface area contributed by atoms with Crippen molar-refractivity contribution in [1.82, 2.24) is 0 Å². The van der Waals surface area contributed by atoms with Crippen LogP contribution in [-0.4, -0.2) is 6.61 Å². The highest BCUT2D eigenvalue weighted by atomic mass is 79.9. The molecule has 0 N–H and O–H groups in total. The molecule has 18 heavy (non-hydrogen) atoms. The van der Waals surface area contributed by atoms with Crippen LogP contribution in [0, 0.1) is 13.8 Å². The molecule has 0 fully saturated rings. The minimum atomic E-state index is 0.709. The molecule has 0 atom stereocenters. The smallest absolute Gasteiger partial charge is 0.120 e. The predicted octanol–water partition coefficient (Wildman–Crippen LogP) is 4.69. The molecule has 1 nitrogen and oxygen atoms in total. The van der Waals surface area contributed by atoms with Gasteiger partial charge in [-0.15, -0.1) is 0 Å². The normalized spacial score (nSPS) is 10.4. The van der Waals surface area contributed by atoms with Crippen molar-refractivity contribution in [3.8, 4) is 5.75 Å². The van der Waals surface area contributed by atoms with E-state index < -0.39 is 0 Å². The summed E-state index contributed by atoms with van der Waals surface area (Å²) in [5.41, 5.74) is 4.01. The summed E-state index contributed by atoms with van der Waals surface area (Å²) in [6, 6.07) is 14.5. The minimum Gasteiger partial charge on any atom is -0.493 e. The minimum absolute atomic E-state index is 0.709. The molecule has 0 aliphatic heterocycles. The number of rotatable bonds is 4. The number of halogens is 1. The van der Waals surface area contributed by atoms with Gasteiger partial charge in [-0.2, -0.15) is 0 Å². The van der Waals surface area contributed by atoms with Crippen LogP contribution in [0.5, 0.6) is 5.75 Å². The van der Waals surface area contributed by atoms with Crippen LogP contribution in [0.1, 0.15) is 16.7 Å². The lowest BCUT2D eigenvalue weighted by Crippen LogP contribution is -2.02. The van der Waals surface area contributed by atoms with Gasteiger partial charge in [0.1, 0.15) is 5.75 Å². The number of benzene rings is 2. The van der Waals surface area contributed by atoms with E-state index in [1.165, 1.54) is 16.7 Å². The lowest BCUT2D eigenvalue weighted by molar-refractivity contribution is 0.321. The molecule has 94 valence electrons. The fraction of sp³-hybridized carbons (Fsp3) is 0.250. The van der Waals surface area contributed by atoms with E-state index in [-0.39, 0.29) is 0 Å². The highest BCUT2D eigenvalue weighted by Crippen LogP contribution is 2.18. The summed E-state index contributed by atoms with van der Waals surface area (Å²) in [5.74, 6) is 0.911. The lowest BCUT2D eigenvalue weighted by atomic mass is 10.0. The van der Waals surface area contributed by atoms with Gasteiger partial charge in [0, 0.05) is 10.9 Å². The molecule has 0 aliphatic rings. The monoisotopic (exact) mass is 304 g/mol. The van der Waals surface area contributed by atoms with Gasteiger partial charge in [-0.25, -0.2) is 0 Å². The van der Waals surface area contributed by atoms with Gasteiger partial charge in [0.05, 0.1) is 6.61 Å². The van der Waals surface area contributed by atoms with Crippen LogP contribution in [0.15, 0.2) is 46.9 Å². The topological polar surface area (TPSA) is 9.23 Å². The largest absolute Gasteiger partial charge is 0.493 e. The van der Waals surface area contributed by atoms with Crippen LogP contribution >= 0.6 is 15.9 Å². The summed E-state index contributed by atoms with van der Waals surface area (Å²) in [6.45, 7) is 4.98. The molecule has 0 saturated carbocycles. The second kappa shape index (κ2) is 6.05. The van der Waals surface area contributed by atoms with E-state index in [1.54, 1.807) is 0 Å². The average molecular weight is 305 g/mol. The van der Waals surface area contributed by atoms with Gasteiger partial charge in [0.15, 0.2) is 0 Å². The second-order valence-corrected chi connectivity index (χ2v) is 5.40. The maximum absolute atomic E-state index is 5.75. The molecule has 0 saturated heterocycles. The zero-order valence-electron chi connectivity index (χ0n) is 10.7. The van der Waals surface area contributed by atoms with Gasteiger partial charge < -0.3 is 4.74 Å². The zero-order valence-corrected chi connectivity index (χ0v) is 12.3. The van der Waals surface area contributed by atoms with Crippen molar-refractivity contribution in [2.75, 3.05) is 6.61 Å². The Kier molecular flexibility index (Phi) is 4.43. The first kappa shape index (κ1) is 13.2. The van der Waals surface area contributed by atoms with Crippen LogP contribution in [0.4, 0.5) is 0 Å². The molecule has 2 aromatic rings. The second-order valence-electron chi connectivity index (χ2n) is 4.49. The highest BCUT2D eigenvalue weighted by Gasteiger charge is 2.00. The van der Waals surface area contributed by atoms with E-state index in [9.17, 15) is 0 Å². The number of hydrogen-bond acceptors (Lipinski definition) is 1. The number of hydrogen-bond donors (Lipinski definition) is 0. The number of aryl methyl sites for hydroxylation is 2. The van der Waals surface area contributed by atoms with E-state index in [2.05, 4.69) is 48.0 Å². The maximum atomic E-state index is 5.75. The van der Waals surface area contributed by atoms with Crippen molar-refractivity contribution in [1.29, 1.82) is 0 Å². The Hall–Kier alpha value is -1.28. The number of ether oxygens (including phenoxy) is 1.